The number of thiophene rings is 1. The molecular formula is C21H20N4O3S2. The molecule has 0 aliphatic heterocycles. The van der Waals surface area contributed by atoms with E-state index in [0.717, 1.165) is 57.8 Å². The number of rotatable bonds is 5. The zero-order valence-electron chi connectivity index (χ0n) is 16.6. The summed E-state index contributed by atoms with van der Waals surface area (Å²) in [7, 11) is 0. The number of H-pyrrole nitrogens is 1. The number of hydrogen-bond acceptors (Lipinski definition) is 7. The molecule has 0 radical (unpaired) electrons. The minimum Gasteiger partial charge on any atom is -0.466 e. The van der Waals surface area contributed by atoms with Crippen molar-refractivity contribution < 1.29 is 9.21 Å². The third-order valence-electron chi connectivity index (χ3n) is 5.28. The molecule has 7 nitrogen and oxygen atoms in total. The normalized spacial score (nSPS) is 13.1. The lowest BCUT2D eigenvalue weighted by atomic mass is 10.2. The van der Waals surface area contributed by atoms with Crippen molar-refractivity contribution in [2.75, 3.05) is 5.32 Å². The van der Waals surface area contributed by atoms with Crippen LogP contribution in [-0.4, -0.2) is 20.9 Å². The molecule has 30 heavy (non-hydrogen) atoms. The third-order valence-corrected chi connectivity index (χ3v) is 7.22. The fraction of sp³-hybridized carbons (Fsp3) is 0.333. The van der Waals surface area contributed by atoms with Crippen LogP contribution in [0.15, 0.2) is 20.7 Å². The van der Waals surface area contributed by atoms with Crippen LogP contribution in [0.5, 0.6) is 0 Å². The van der Waals surface area contributed by atoms with Crippen molar-refractivity contribution in [2.24, 2.45) is 0 Å². The van der Waals surface area contributed by atoms with E-state index in [4.69, 9.17) is 4.42 Å². The standard InChI is InChI=1S/C21H20N4O3S2/c1-10-8-13(11(2)28-10)14-9-29-21(22-14)25-17(26)7-6-16-23-19(27)18-12-4-3-5-15(12)30-20(18)24-16/h8-9H,3-7H2,1-2H3,(H,22,25,26)(H,23,24,27). The van der Waals surface area contributed by atoms with Gasteiger partial charge in [-0.05, 0) is 44.7 Å². The van der Waals surface area contributed by atoms with Crippen molar-refractivity contribution in [3.05, 3.63) is 49.6 Å². The largest absolute Gasteiger partial charge is 0.466 e. The summed E-state index contributed by atoms with van der Waals surface area (Å²) < 4.78 is 5.55. The average molecular weight is 441 g/mol. The second-order valence-corrected chi connectivity index (χ2v) is 9.40. The van der Waals surface area contributed by atoms with Crippen LogP contribution in [0.1, 0.15) is 40.6 Å². The number of furan rings is 1. The molecule has 0 unspecified atom stereocenters. The zero-order valence-corrected chi connectivity index (χ0v) is 18.3. The zero-order chi connectivity index (χ0) is 20.8. The van der Waals surface area contributed by atoms with Gasteiger partial charge in [-0.2, -0.15) is 0 Å². The van der Waals surface area contributed by atoms with Gasteiger partial charge >= 0.3 is 0 Å². The number of fused-ring (bicyclic) bond motifs is 3. The second kappa shape index (κ2) is 7.48. The summed E-state index contributed by atoms with van der Waals surface area (Å²) in [5.74, 6) is 2.02. The molecule has 1 amide bonds. The topological polar surface area (TPSA) is 101 Å². The van der Waals surface area contributed by atoms with E-state index in [1.807, 2.05) is 25.3 Å². The minimum absolute atomic E-state index is 0.0925. The summed E-state index contributed by atoms with van der Waals surface area (Å²) in [5, 5.41) is 6.01. The van der Waals surface area contributed by atoms with Gasteiger partial charge in [0.05, 0.1) is 11.1 Å². The number of aromatic amines is 1. The van der Waals surface area contributed by atoms with Gasteiger partial charge in [0.1, 0.15) is 22.2 Å². The summed E-state index contributed by atoms with van der Waals surface area (Å²) in [5.41, 5.74) is 2.79. The van der Waals surface area contributed by atoms with Crippen LogP contribution < -0.4 is 10.9 Å². The number of amides is 1. The number of nitrogens with zero attached hydrogens (tertiary/aromatic N) is 2. The number of carbonyl (C=O) groups excluding carboxylic acids is 1. The SMILES string of the molecule is Cc1cc(-c2csc(NC(=O)CCc3nc4sc5c(c4c(=O)[nH]3)CCC5)n2)c(C)o1. The van der Waals surface area contributed by atoms with Crippen molar-refractivity contribution in [2.45, 2.75) is 46.0 Å². The van der Waals surface area contributed by atoms with E-state index < -0.39 is 0 Å². The maximum Gasteiger partial charge on any atom is 0.259 e. The number of carbonyl (C=O) groups is 1. The van der Waals surface area contributed by atoms with Crippen LogP contribution in [0, 0.1) is 13.8 Å². The summed E-state index contributed by atoms with van der Waals surface area (Å²) >= 11 is 2.98. The van der Waals surface area contributed by atoms with E-state index >= 15 is 0 Å². The highest BCUT2D eigenvalue weighted by atomic mass is 32.1. The Balaban J connectivity index is 1.26. The van der Waals surface area contributed by atoms with Gasteiger partial charge in [-0.15, -0.1) is 22.7 Å². The lowest BCUT2D eigenvalue weighted by Gasteiger charge is -2.03. The van der Waals surface area contributed by atoms with Crippen LogP contribution in [-0.2, 0) is 24.1 Å². The molecule has 4 heterocycles. The lowest BCUT2D eigenvalue weighted by molar-refractivity contribution is -0.116. The molecule has 9 heteroatoms. The van der Waals surface area contributed by atoms with Gasteiger partial charge in [-0.25, -0.2) is 9.97 Å². The molecule has 0 spiro atoms. The Kier molecular flexibility index (Phi) is 4.79. The summed E-state index contributed by atoms with van der Waals surface area (Å²) in [6.07, 6.45) is 3.68. The second-order valence-electron chi connectivity index (χ2n) is 7.46. The van der Waals surface area contributed by atoms with Crippen LogP contribution in [0.3, 0.4) is 0 Å². The third kappa shape index (κ3) is 3.48. The molecule has 0 atom stereocenters. The van der Waals surface area contributed by atoms with Crippen molar-refractivity contribution in [1.29, 1.82) is 0 Å². The molecular weight excluding hydrogens is 420 g/mol. The number of thiazole rings is 1. The predicted molar refractivity (Wildman–Crippen MR) is 119 cm³/mol. The molecule has 0 bridgehead atoms. The number of anilines is 1. The Morgan fingerprint density at radius 1 is 1.30 bits per heavy atom. The van der Waals surface area contributed by atoms with Gasteiger partial charge in [0.15, 0.2) is 5.13 Å². The number of aromatic nitrogens is 3. The Hall–Kier alpha value is -2.78. The first-order chi connectivity index (χ1) is 14.5. The smallest absolute Gasteiger partial charge is 0.259 e. The monoisotopic (exact) mass is 440 g/mol. The maximum atomic E-state index is 12.5. The molecule has 4 aromatic heterocycles. The van der Waals surface area contributed by atoms with E-state index in [0.29, 0.717) is 17.4 Å². The molecule has 154 valence electrons. The summed E-state index contributed by atoms with van der Waals surface area (Å²) in [6.45, 7) is 3.79. The van der Waals surface area contributed by atoms with Gasteiger partial charge in [-0.1, -0.05) is 0 Å². The molecule has 2 N–H and O–H groups in total. The fourth-order valence-electron chi connectivity index (χ4n) is 3.92. The summed E-state index contributed by atoms with van der Waals surface area (Å²) in [6, 6.07) is 1.94. The quantitative estimate of drug-likeness (QED) is 0.480. The molecule has 4 aromatic rings. The molecule has 0 saturated carbocycles. The molecule has 0 fully saturated rings. The van der Waals surface area contributed by atoms with Crippen LogP contribution in [0.4, 0.5) is 5.13 Å². The maximum absolute atomic E-state index is 12.5. The summed E-state index contributed by atoms with van der Waals surface area (Å²) in [4.78, 5) is 38.9. The molecule has 1 aliphatic carbocycles. The van der Waals surface area contributed by atoms with E-state index in [1.165, 1.54) is 16.2 Å². The first-order valence-corrected chi connectivity index (χ1v) is 11.5. The van der Waals surface area contributed by atoms with Crippen molar-refractivity contribution in [3.63, 3.8) is 0 Å². The highest BCUT2D eigenvalue weighted by Crippen LogP contribution is 2.34. The molecule has 5 rings (SSSR count). The predicted octanol–water partition coefficient (Wildman–Crippen LogP) is 4.38. The average Bonchev–Trinajstić information content (AvgIpc) is 3.44. The van der Waals surface area contributed by atoms with Crippen LogP contribution in [0.25, 0.3) is 21.5 Å². The number of hydrogen-bond donors (Lipinski definition) is 2. The first kappa shape index (κ1) is 19.2. The van der Waals surface area contributed by atoms with Gasteiger partial charge in [-0.3, -0.25) is 9.59 Å². The van der Waals surface area contributed by atoms with E-state index in [9.17, 15) is 9.59 Å². The van der Waals surface area contributed by atoms with E-state index in [-0.39, 0.29) is 17.9 Å². The molecule has 1 aliphatic rings. The highest BCUT2D eigenvalue weighted by Gasteiger charge is 2.21. The number of nitrogens with one attached hydrogen (secondary N) is 2. The van der Waals surface area contributed by atoms with Gasteiger partial charge < -0.3 is 14.7 Å². The van der Waals surface area contributed by atoms with Gasteiger partial charge in [0.2, 0.25) is 5.91 Å². The molecule has 0 saturated heterocycles. The van der Waals surface area contributed by atoms with Crippen molar-refractivity contribution >= 4 is 43.9 Å². The lowest BCUT2D eigenvalue weighted by Crippen LogP contribution is -2.16. The van der Waals surface area contributed by atoms with Crippen LogP contribution >= 0.6 is 22.7 Å². The van der Waals surface area contributed by atoms with Crippen molar-refractivity contribution in [1.82, 2.24) is 15.0 Å². The van der Waals surface area contributed by atoms with Gasteiger partial charge in [0, 0.05) is 28.7 Å². The first-order valence-electron chi connectivity index (χ1n) is 9.84. The minimum atomic E-state index is -0.160. The highest BCUT2D eigenvalue weighted by molar-refractivity contribution is 7.18. The Morgan fingerprint density at radius 2 is 2.17 bits per heavy atom. The number of aryl methyl sites for hydroxylation is 5. The van der Waals surface area contributed by atoms with E-state index in [1.54, 1.807) is 11.3 Å². The molecule has 0 aromatic carbocycles. The van der Waals surface area contributed by atoms with Crippen molar-refractivity contribution in [3.8, 4) is 11.3 Å². The van der Waals surface area contributed by atoms with Gasteiger partial charge in [0.25, 0.3) is 5.56 Å². The fourth-order valence-corrected chi connectivity index (χ4v) is 5.93. The van der Waals surface area contributed by atoms with E-state index in [2.05, 4.69) is 20.3 Å². The van der Waals surface area contributed by atoms with Crippen LogP contribution in [0.2, 0.25) is 0 Å². The Morgan fingerprint density at radius 3 is 2.97 bits per heavy atom. The Labute approximate surface area is 180 Å². The Bertz CT molecular complexity index is 1330.